The lowest BCUT2D eigenvalue weighted by Gasteiger charge is -2.36. The number of hydrogen-bond acceptors (Lipinski definition) is 5. The maximum atomic E-state index is 13.1. The molecule has 0 saturated carbocycles. The summed E-state index contributed by atoms with van der Waals surface area (Å²) in [5.41, 5.74) is 1.42. The predicted octanol–water partition coefficient (Wildman–Crippen LogP) is 1.05. The molecule has 0 aromatic carbocycles. The Morgan fingerprint density at radius 1 is 1.23 bits per heavy atom. The summed E-state index contributed by atoms with van der Waals surface area (Å²) in [5.74, 6) is 0.142. The molecule has 26 heavy (non-hydrogen) atoms. The van der Waals surface area contributed by atoms with E-state index in [1.807, 2.05) is 11.8 Å². The molecule has 2 aliphatic heterocycles. The lowest BCUT2D eigenvalue weighted by atomic mass is 10.1. The fourth-order valence-electron chi connectivity index (χ4n) is 4.03. The highest BCUT2D eigenvalue weighted by Crippen LogP contribution is 2.27. The number of aryl methyl sites for hydroxylation is 2. The number of sulfonamides is 1. The molecule has 0 spiro atoms. The van der Waals surface area contributed by atoms with Gasteiger partial charge < -0.3 is 4.90 Å². The van der Waals surface area contributed by atoms with Crippen LogP contribution < -0.4 is 0 Å². The van der Waals surface area contributed by atoms with Crippen molar-refractivity contribution >= 4 is 27.0 Å². The lowest BCUT2D eigenvalue weighted by molar-refractivity contribution is -0.130. The van der Waals surface area contributed by atoms with Gasteiger partial charge >= 0.3 is 0 Å². The molecule has 0 aliphatic carbocycles. The van der Waals surface area contributed by atoms with E-state index in [4.69, 9.17) is 0 Å². The Kier molecular flexibility index (Phi) is 4.23. The summed E-state index contributed by atoms with van der Waals surface area (Å²) in [6, 6.07) is 1.63. The fourth-order valence-corrected chi connectivity index (χ4v) is 5.52. The summed E-state index contributed by atoms with van der Waals surface area (Å²) in [4.78, 5) is 18.4. The Labute approximate surface area is 152 Å². The van der Waals surface area contributed by atoms with Crippen LogP contribution in [0, 0.1) is 6.92 Å². The number of likely N-dealkylation sites (tertiary alicyclic amines) is 1. The molecule has 1 amide bonds. The Morgan fingerprint density at radius 2 is 2.04 bits per heavy atom. The maximum Gasteiger partial charge on any atom is 0.244 e. The molecule has 4 rings (SSSR count). The van der Waals surface area contributed by atoms with Crippen LogP contribution in [0.3, 0.4) is 0 Å². The van der Waals surface area contributed by atoms with Crippen LogP contribution in [0.4, 0.5) is 0 Å². The second kappa shape index (κ2) is 6.31. The van der Waals surface area contributed by atoms with Gasteiger partial charge in [0.1, 0.15) is 4.90 Å². The number of rotatable bonds is 3. The van der Waals surface area contributed by atoms with E-state index in [0.717, 1.165) is 36.9 Å². The average molecular weight is 377 g/mol. The normalized spacial score (nSPS) is 22.5. The van der Waals surface area contributed by atoms with E-state index in [0.29, 0.717) is 25.2 Å². The van der Waals surface area contributed by atoms with Crippen LogP contribution in [0.25, 0.3) is 11.0 Å². The zero-order valence-corrected chi connectivity index (χ0v) is 15.9. The molecular formula is C17H23N5O3S. The molecule has 2 aromatic heterocycles. The number of nitrogens with zero attached hydrogens (tertiary/aromatic N) is 5. The van der Waals surface area contributed by atoms with Gasteiger partial charge in [-0.3, -0.25) is 9.48 Å². The molecule has 0 N–H and O–H groups in total. The first kappa shape index (κ1) is 17.4. The van der Waals surface area contributed by atoms with E-state index >= 15 is 0 Å². The van der Waals surface area contributed by atoms with Crippen molar-refractivity contribution in [3.05, 3.63) is 18.0 Å². The van der Waals surface area contributed by atoms with Crippen LogP contribution in [0.15, 0.2) is 17.2 Å². The topological polar surface area (TPSA) is 88.4 Å². The van der Waals surface area contributed by atoms with Crippen LogP contribution in [-0.4, -0.2) is 64.0 Å². The molecule has 0 bridgehead atoms. The van der Waals surface area contributed by atoms with Crippen LogP contribution in [0.1, 0.15) is 31.4 Å². The highest BCUT2D eigenvalue weighted by atomic mass is 32.2. The van der Waals surface area contributed by atoms with E-state index < -0.39 is 10.0 Å². The number of aromatic nitrogens is 3. The van der Waals surface area contributed by atoms with Crippen molar-refractivity contribution < 1.29 is 13.2 Å². The zero-order chi connectivity index (χ0) is 18.5. The van der Waals surface area contributed by atoms with E-state index in [1.54, 1.807) is 17.8 Å². The molecule has 2 saturated heterocycles. The quantitative estimate of drug-likeness (QED) is 0.798. The van der Waals surface area contributed by atoms with Crippen molar-refractivity contribution in [1.82, 2.24) is 24.0 Å². The molecular weight excluding hydrogens is 354 g/mol. The number of amides is 1. The largest absolute Gasteiger partial charge is 0.338 e. The van der Waals surface area contributed by atoms with Gasteiger partial charge in [-0.1, -0.05) is 0 Å². The number of carbonyl (C=O) groups excluding carboxylic acids is 1. The summed E-state index contributed by atoms with van der Waals surface area (Å²) in [6.45, 7) is 3.42. The predicted molar refractivity (Wildman–Crippen MR) is 96.0 cm³/mol. The molecule has 2 aromatic rings. The molecule has 4 heterocycles. The second-order valence-electron chi connectivity index (χ2n) is 7.10. The average Bonchev–Trinajstić information content (AvgIpc) is 3.18. The minimum absolute atomic E-state index is 0.0228. The van der Waals surface area contributed by atoms with Gasteiger partial charge in [0.15, 0.2) is 5.65 Å². The fraction of sp³-hybridized carbons (Fsp3) is 0.588. The number of pyridine rings is 1. The highest BCUT2D eigenvalue weighted by Gasteiger charge is 2.36. The SMILES string of the molecule is Cc1nn(C)c2ncc(S(=O)(=O)N3CCCC(N4CCCC4=O)C3)cc12. The van der Waals surface area contributed by atoms with Gasteiger partial charge in [-0.15, -0.1) is 0 Å². The molecule has 140 valence electrons. The number of piperidine rings is 1. The summed E-state index contributed by atoms with van der Waals surface area (Å²) < 4.78 is 29.4. The Balaban J connectivity index is 1.63. The van der Waals surface area contributed by atoms with Crippen molar-refractivity contribution in [2.45, 2.75) is 43.5 Å². The standard InChI is InChI=1S/C17H23N5O3S/c1-12-15-9-14(10-18-17(15)20(2)19-12)26(24,25)21-7-3-5-13(11-21)22-8-4-6-16(22)23/h9-10,13H,3-8,11H2,1-2H3. The van der Waals surface area contributed by atoms with Crippen molar-refractivity contribution in [3.8, 4) is 0 Å². The first-order valence-electron chi connectivity index (χ1n) is 8.97. The number of carbonyl (C=O) groups is 1. The van der Waals surface area contributed by atoms with Crippen LogP contribution in [-0.2, 0) is 21.9 Å². The zero-order valence-electron chi connectivity index (χ0n) is 15.1. The van der Waals surface area contributed by atoms with Crippen LogP contribution in [0.2, 0.25) is 0 Å². The summed E-state index contributed by atoms with van der Waals surface area (Å²) in [6.07, 6.45) is 4.46. The minimum atomic E-state index is -3.65. The van der Waals surface area contributed by atoms with Crippen LogP contribution >= 0.6 is 0 Å². The van der Waals surface area contributed by atoms with E-state index in [9.17, 15) is 13.2 Å². The Hall–Kier alpha value is -2.00. The maximum absolute atomic E-state index is 13.1. The lowest BCUT2D eigenvalue weighted by Crippen LogP contribution is -2.50. The molecule has 1 unspecified atom stereocenters. The molecule has 2 aliphatic rings. The van der Waals surface area contributed by atoms with Crippen molar-refractivity contribution in [1.29, 1.82) is 0 Å². The van der Waals surface area contributed by atoms with E-state index in [2.05, 4.69) is 10.1 Å². The van der Waals surface area contributed by atoms with Gasteiger partial charge in [0.2, 0.25) is 15.9 Å². The van der Waals surface area contributed by atoms with Crippen LogP contribution in [0.5, 0.6) is 0 Å². The van der Waals surface area contributed by atoms with Gasteiger partial charge in [0.05, 0.1) is 5.69 Å². The third kappa shape index (κ3) is 2.79. The van der Waals surface area contributed by atoms with Crippen molar-refractivity contribution in [2.24, 2.45) is 7.05 Å². The molecule has 0 radical (unpaired) electrons. The Bertz CT molecular complexity index is 968. The second-order valence-corrected chi connectivity index (χ2v) is 9.04. The highest BCUT2D eigenvalue weighted by molar-refractivity contribution is 7.89. The van der Waals surface area contributed by atoms with Gasteiger partial charge in [-0.25, -0.2) is 13.4 Å². The van der Waals surface area contributed by atoms with E-state index in [-0.39, 0.29) is 16.8 Å². The minimum Gasteiger partial charge on any atom is -0.338 e. The molecule has 1 atom stereocenters. The molecule has 2 fully saturated rings. The van der Waals surface area contributed by atoms with Gasteiger partial charge in [-0.2, -0.15) is 9.40 Å². The number of fused-ring (bicyclic) bond motifs is 1. The summed E-state index contributed by atoms with van der Waals surface area (Å²) in [5, 5.41) is 5.05. The third-order valence-electron chi connectivity index (χ3n) is 5.39. The first-order valence-corrected chi connectivity index (χ1v) is 10.4. The molecule has 8 nitrogen and oxygen atoms in total. The smallest absolute Gasteiger partial charge is 0.244 e. The van der Waals surface area contributed by atoms with Gasteiger partial charge in [0, 0.05) is 50.7 Å². The monoisotopic (exact) mass is 377 g/mol. The van der Waals surface area contributed by atoms with Crippen molar-refractivity contribution in [3.63, 3.8) is 0 Å². The number of hydrogen-bond donors (Lipinski definition) is 0. The van der Waals surface area contributed by atoms with Gasteiger partial charge in [0.25, 0.3) is 0 Å². The molecule has 9 heteroatoms. The van der Waals surface area contributed by atoms with Gasteiger partial charge in [-0.05, 0) is 32.3 Å². The van der Waals surface area contributed by atoms with Crippen molar-refractivity contribution in [2.75, 3.05) is 19.6 Å². The third-order valence-corrected chi connectivity index (χ3v) is 7.22. The summed E-state index contributed by atoms with van der Waals surface area (Å²) >= 11 is 0. The van der Waals surface area contributed by atoms with E-state index in [1.165, 1.54) is 10.5 Å². The Morgan fingerprint density at radius 3 is 2.77 bits per heavy atom. The first-order chi connectivity index (χ1) is 12.4. The summed E-state index contributed by atoms with van der Waals surface area (Å²) in [7, 11) is -1.85.